The quantitative estimate of drug-likeness (QED) is 0.404. The van der Waals surface area contributed by atoms with Gasteiger partial charge in [-0.05, 0) is 41.9 Å². The van der Waals surface area contributed by atoms with Gasteiger partial charge in [-0.25, -0.2) is 0 Å². The van der Waals surface area contributed by atoms with Gasteiger partial charge < -0.3 is 15.4 Å². The lowest BCUT2D eigenvalue weighted by atomic mass is 9.95. The lowest BCUT2D eigenvalue weighted by molar-refractivity contribution is 0.482. The summed E-state index contributed by atoms with van der Waals surface area (Å²) in [6, 6.07) is 20.6. The fraction of sp³-hybridized carbons (Fsp3) is 0.0870. The molecule has 0 saturated heterocycles. The Labute approximate surface area is 177 Å². The van der Waals surface area contributed by atoms with Crippen molar-refractivity contribution in [1.82, 2.24) is 10.3 Å². The van der Waals surface area contributed by atoms with Crippen LogP contribution in [0, 0.1) is 0 Å². The number of aromatic hydroxyl groups is 1. The number of hydrogen-bond donors (Lipinski definition) is 3. The first-order chi connectivity index (χ1) is 14.0. The highest BCUT2D eigenvalue weighted by atomic mass is 35.5. The van der Waals surface area contributed by atoms with E-state index in [-0.39, 0.29) is 22.4 Å². The Bertz CT molecular complexity index is 1250. The molecule has 1 atom stereocenters. The maximum absolute atomic E-state index is 12.8. The van der Waals surface area contributed by atoms with Gasteiger partial charge in [0.1, 0.15) is 5.75 Å². The molecule has 3 aromatic carbocycles. The number of rotatable bonds is 4. The van der Waals surface area contributed by atoms with Crippen LogP contribution in [0.15, 0.2) is 71.5 Å². The number of halogens is 2. The molecule has 0 aliphatic rings. The Morgan fingerprint density at radius 2 is 1.69 bits per heavy atom. The molecule has 0 spiro atoms. The molecule has 0 saturated carbocycles. The second-order valence-electron chi connectivity index (χ2n) is 6.75. The van der Waals surface area contributed by atoms with Crippen LogP contribution in [-0.4, -0.2) is 17.1 Å². The van der Waals surface area contributed by atoms with E-state index in [0.717, 1.165) is 11.1 Å². The highest BCUT2D eigenvalue weighted by molar-refractivity contribution is 6.39. The summed E-state index contributed by atoms with van der Waals surface area (Å²) in [6.45, 7) is 0. The number of benzene rings is 3. The van der Waals surface area contributed by atoms with E-state index in [1.165, 1.54) is 6.07 Å². The van der Waals surface area contributed by atoms with Gasteiger partial charge in [0.05, 0.1) is 27.5 Å². The van der Waals surface area contributed by atoms with Gasteiger partial charge in [-0.2, -0.15) is 0 Å². The van der Waals surface area contributed by atoms with Gasteiger partial charge in [-0.3, -0.25) is 4.79 Å². The van der Waals surface area contributed by atoms with Gasteiger partial charge in [0.25, 0.3) is 5.56 Å². The molecule has 6 heteroatoms. The van der Waals surface area contributed by atoms with Crippen LogP contribution >= 0.6 is 23.2 Å². The third kappa shape index (κ3) is 3.62. The van der Waals surface area contributed by atoms with Crippen molar-refractivity contribution in [2.24, 2.45) is 0 Å². The maximum Gasteiger partial charge on any atom is 0.260 e. The van der Waals surface area contributed by atoms with Crippen molar-refractivity contribution in [1.29, 1.82) is 0 Å². The van der Waals surface area contributed by atoms with E-state index in [0.29, 0.717) is 21.5 Å². The maximum atomic E-state index is 12.8. The van der Waals surface area contributed by atoms with Gasteiger partial charge in [0.15, 0.2) is 0 Å². The van der Waals surface area contributed by atoms with Crippen molar-refractivity contribution >= 4 is 34.1 Å². The fourth-order valence-electron chi connectivity index (χ4n) is 3.64. The number of H-pyrrole nitrogens is 1. The lowest BCUT2D eigenvalue weighted by Crippen LogP contribution is -2.17. The summed E-state index contributed by atoms with van der Waals surface area (Å²) in [5.41, 5.74) is 2.82. The van der Waals surface area contributed by atoms with E-state index < -0.39 is 5.56 Å². The molecule has 0 fully saturated rings. The van der Waals surface area contributed by atoms with Crippen LogP contribution in [0.25, 0.3) is 22.0 Å². The van der Waals surface area contributed by atoms with Crippen LogP contribution < -0.4 is 10.9 Å². The van der Waals surface area contributed by atoms with Gasteiger partial charge in [-0.1, -0.05) is 71.7 Å². The molecule has 0 aliphatic carbocycles. The Balaban J connectivity index is 1.89. The Morgan fingerprint density at radius 3 is 2.41 bits per heavy atom. The summed E-state index contributed by atoms with van der Waals surface area (Å²) in [6.07, 6.45) is 0. The Hall–Kier alpha value is -2.79. The molecule has 4 aromatic rings. The van der Waals surface area contributed by atoms with Crippen molar-refractivity contribution in [3.05, 3.63) is 98.3 Å². The van der Waals surface area contributed by atoms with E-state index in [1.54, 1.807) is 12.1 Å². The number of nitrogens with one attached hydrogen (secondary N) is 2. The van der Waals surface area contributed by atoms with E-state index in [9.17, 15) is 9.90 Å². The summed E-state index contributed by atoms with van der Waals surface area (Å²) in [5, 5.41) is 15.2. The number of aromatic amines is 1. The number of hydrogen-bond acceptors (Lipinski definition) is 3. The minimum atomic E-state index is -0.411. The van der Waals surface area contributed by atoms with Gasteiger partial charge >= 0.3 is 0 Å². The van der Waals surface area contributed by atoms with Gasteiger partial charge in [-0.15, -0.1) is 0 Å². The molecule has 1 aromatic heterocycles. The van der Waals surface area contributed by atoms with E-state index in [4.69, 9.17) is 23.2 Å². The predicted octanol–water partition coefficient (Wildman–Crippen LogP) is 5.52. The van der Waals surface area contributed by atoms with Crippen molar-refractivity contribution < 1.29 is 5.11 Å². The largest absolute Gasteiger partial charge is 0.506 e. The number of aromatic nitrogens is 1. The molecular formula is C23H18Cl2N2O2. The number of pyridine rings is 1. The topological polar surface area (TPSA) is 65.1 Å². The molecule has 29 heavy (non-hydrogen) atoms. The van der Waals surface area contributed by atoms with Crippen LogP contribution in [0.5, 0.6) is 5.75 Å². The van der Waals surface area contributed by atoms with Crippen LogP contribution in [0.1, 0.15) is 17.2 Å². The second kappa shape index (κ2) is 7.91. The monoisotopic (exact) mass is 424 g/mol. The third-order valence-electron chi connectivity index (χ3n) is 4.93. The van der Waals surface area contributed by atoms with Crippen molar-refractivity contribution in [2.45, 2.75) is 6.04 Å². The first-order valence-electron chi connectivity index (χ1n) is 9.06. The zero-order valence-electron chi connectivity index (χ0n) is 15.5. The Morgan fingerprint density at radius 1 is 0.966 bits per heavy atom. The first kappa shape index (κ1) is 19.5. The normalized spacial score (nSPS) is 12.2. The molecule has 4 nitrogen and oxygen atoms in total. The van der Waals surface area contributed by atoms with E-state index >= 15 is 0 Å². The third-order valence-corrected chi connectivity index (χ3v) is 5.45. The highest BCUT2D eigenvalue weighted by Crippen LogP contribution is 2.38. The van der Waals surface area contributed by atoms with Crippen LogP contribution in [-0.2, 0) is 0 Å². The standard InChI is InChI=1S/C23H18Cl2N2O2/c1-26-21(13-6-3-2-4-7-13)15-9-5-8-14(10-15)19-22(28)20-17(25)11-16(24)12-18(20)27-23(19)29/h2-12,21,26H,1H3,(H2,27,28,29). The second-order valence-corrected chi connectivity index (χ2v) is 7.59. The van der Waals surface area contributed by atoms with E-state index in [2.05, 4.69) is 10.3 Å². The van der Waals surface area contributed by atoms with Gasteiger partial charge in [0, 0.05) is 5.02 Å². The van der Waals surface area contributed by atoms with Crippen molar-refractivity contribution in [2.75, 3.05) is 7.05 Å². The molecule has 0 aliphatic heterocycles. The molecule has 146 valence electrons. The molecular weight excluding hydrogens is 407 g/mol. The van der Waals surface area contributed by atoms with Crippen molar-refractivity contribution in [3.8, 4) is 16.9 Å². The van der Waals surface area contributed by atoms with Gasteiger partial charge in [0.2, 0.25) is 0 Å². The average molecular weight is 425 g/mol. The molecule has 1 heterocycles. The molecule has 0 radical (unpaired) electrons. The van der Waals surface area contributed by atoms with E-state index in [1.807, 2.05) is 55.6 Å². The molecule has 3 N–H and O–H groups in total. The zero-order chi connectivity index (χ0) is 20.5. The minimum Gasteiger partial charge on any atom is -0.506 e. The SMILES string of the molecule is CNC(c1ccccc1)c1cccc(-c2c(O)c3c(Cl)cc(Cl)cc3[nH]c2=O)c1. The lowest BCUT2D eigenvalue weighted by Gasteiger charge is -2.18. The predicted molar refractivity (Wildman–Crippen MR) is 119 cm³/mol. The first-order valence-corrected chi connectivity index (χ1v) is 9.81. The van der Waals surface area contributed by atoms with Crippen LogP contribution in [0.3, 0.4) is 0 Å². The zero-order valence-corrected chi connectivity index (χ0v) is 17.1. The summed E-state index contributed by atoms with van der Waals surface area (Å²) < 4.78 is 0. The molecule has 4 rings (SSSR count). The smallest absolute Gasteiger partial charge is 0.260 e. The summed E-state index contributed by atoms with van der Waals surface area (Å²) in [4.78, 5) is 15.6. The molecule has 0 bridgehead atoms. The average Bonchev–Trinajstić information content (AvgIpc) is 2.69. The molecule has 0 amide bonds. The summed E-state index contributed by atoms with van der Waals surface area (Å²) >= 11 is 12.3. The fourth-order valence-corrected chi connectivity index (χ4v) is 4.23. The van der Waals surface area contributed by atoms with Crippen LogP contribution in [0.2, 0.25) is 10.0 Å². The highest BCUT2D eigenvalue weighted by Gasteiger charge is 2.19. The molecule has 1 unspecified atom stereocenters. The summed E-state index contributed by atoms with van der Waals surface area (Å²) in [5.74, 6) is -0.164. The minimum absolute atomic E-state index is 0.0553. The Kier molecular flexibility index (Phi) is 5.33. The summed E-state index contributed by atoms with van der Waals surface area (Å²) in [7, 11) is 1.88. The number of fused-ring (bicyclic) bond motifs is 1. The van der Waals surface area contributed by atoms with Crippen molar-refractivity contribution in [3.63, 3.8) is 0 Å². The van der Waals surface area contributed by atoms with Crippen LogP contribution in [0.4, 0.5) is 0 Å².